The number of halogens is 10. The van der Waals surface area contributed by atoms with E-state index in [-0.39, 0.29) is 28.2 Å². The second kappa shape index (κ2) is 23.2. The van der Waals surface area contributed by atoms with E-state index < -0.39 is 1.08 Å². The van der Waals surface area contributed by atoms with E-state index in [1.165, 1.54) is 0 Å². The van der Waals surface area contributed by atoms with Gasteiger partial charge < -0.3 is 0 Å². The van der Waals surface area contributed by atoms with E-state index in [0.29, 0.717) is 0 Å². The summed E-state index contributed by atoms with van der Waals surface area (Å²) >= 11 is 10.2. The van der Waals surface area contributed by atoms with Crippen LogP contribution in [0.4, 0.5) is 28.2 Å². The van der Waals surface area contributed by atoms with Crippen molar-refractivity contribution in [2.45, 2.75) is 0 Å². The third-order valence-corrected chi connectivity index (χ3v) is 0. The van der Waals surface area contributed by atoms with E-state index in [4.69, 9.17) is 0 Å². The number of hydrogen-bond acceptors (Lipinski definition) is 0. The fourth-order valence-corrected chi connectivity index (χ4v) is 0. The third-order valence-electron chi connectivity index (χ3n) is 0. The van der Waals surface area contributed by atoms with Crippen molar-refractivity contribution in [3.05, 3.63) is 0 Å². The van der Waals surface area contributed by atoms with Crippen molar-refractivity contribution in [1.29, 1.82) is 0 Å². The van der Waals surface area contributed by atoms with Gasteiger partial charge in [-0.05, 0) is 0 Å². The quantitative estimate of drug-likeness (QED) is 0.251. The van der Waals surface area contributed by atoms with Crippen LogP contribution in [0.1, 0.15) is 0 Å². The summed E-state index contributed by atoms with van der Waals surface area (Å²) in [5, 5.41) is 0. The van der Waals surface area contributed by atoms with Gasteiger partial charge in [-0.2, -0.15) is 0 Å². The average Bonchev–Trinajstić information content (AvgIpc) is 0.722. The SMILES string of the molecule is F.F.F.F.F.F.[I][Re]([I])([I])[I]. The Hall–Kier alpha value is 3.16. The Morgan fingerprint density at radius 3 is 0.455 bits per heavy atom. The normalized spacial score (nSPS) is 6.91. The fourth-order valence-electron chi connectivity index (χ4n) is 0. The summed E-state index contributed by atoms with van der Waals surface area (Å²) in [6.45, 7) is 0. The van der Waals surface area contributed by atoms with E-state index in [0.717, 1.165) is 0 Å². The molecule has 0 fully saturated rings. The van der Waals surface area contributed by atoms with Crippen LogP contribution in [-0.4, -0.2) is 0 Å². The summed E-state index contributed by atoms with van der Waals surface area (Å²) < 4.78 is -1.23. The standard InChI is InChI=1S/6FH.4HI.Re/h10*1H;/q;;;;;;;;;;+4/p-4. The summed E-state index contributed by atoms with van der Waals surface area (Å²) in [5.74, 6) is 0. The van der Waals surface area contributed by atoms with Crippen molar-refractivity contribution in [3.63, 3.8) is 0 Å². The van der Waals surface area contributed by atoms with Crippen molar-refractivity contribution in [2.75, 3.05) is 0 Å². The molecule has 0 saturated heterocycles. The zero-order chi connectivity index (χ0) is 4.50. The van der Waals surface area contributed by atoms with Crippen LogP contribution in [0.25, 0.3) is 0 Å². The van der Waals surface area contributed by atoms with Crippen LogP contribution < -0.4 is 0 Å². The Kier molecular flexibility index (Phi) is 101. The molecule has 83 valence electrons. The van der Waals surface area contributed by atoms with Crippen LogP contribution >= 0.6 is 78.1 Å². The van der Waals surface area contributed by atoms with Gasteiger partial charge in [0.15, 0.2) is 0 Å². The topological polar surface area (TPSA) is 0 Å². The molecule has 0 aromatic carbocycles. The molecule has 0 aliphatic heterocycles. The van der Waals surface area contributed by atoms with E-state index in [9.17, 15) is 0 Å². The molecule has 0 rings (SSSR count). The first kappa shape index (κ1) is 47.8. The van der Waals surface area contributed by atoms with Crippen molar-refractivity contribution in [3.8, 4) is 0 Å². The van der Waals surface area contributed by atoms with Gasteiger partial charge in [-0.15, -0.1) is 0 Å². The molecule has 0 saturated carbocycles. The molecule has 0 N–H and O–H groups in total. The van der Waals surface area contributed by atoms with Crippen LogP contribution in [0.2, 0.25) is 0 Å². The zero-order valence-electron chi connectivity index (χ0n) is 4.34. The summed E-state index contributed by atoms with van der Waals surface area (Å²) in [6.07, 6.45) is 0. The van der Waals surface area contributed by atoms with Crippen LogP contribution in [0.3, 0.4) is 0 Å². The second-order valence-corrected chi connectivity index (χ2v) is 119. The summed E-state index contributed by atoms with van der Waals surface area (Å²) in [6, 6.07) is 0. The summed E-state index contributed by atoms with van der Waals surface area (Å²) in [5.41, 5.74) is 0. The fraction of sp³-hybridized carbons (Fsp3) is 0. The van der Waals surface area contributed by atoms with Gasteiger partial charge in [0.25, 0.3) is 0 Å². The van der Waals surface area contributed by atoms with E-state index in [1.807, 2.05) is 0 Å². The molecule has 0 heterocycles. The molecule has 0 amide bonds. The van der Waals surface area contributed by atoms with Gasteiger partial charge in [-0.1, -0.05) is 0 Å². The number of rotatable bonds is 0. The molecule has 0 nitrogen and oxygen atoms in total. The molecule has 0 aromatic heterocycles. The van der Waals surface area contributed by atoms with Crippen LogP contribution in [0.5, 0.6) is 0 Å². The van der Waals surface area contributed by atoms with Gasteiger partial charge >= 0.3 is 79.1 Å². The van der Waals surface area contributed by atoms with Crippen molar-refractivity contribution >= 4 is 78.1 Å². The summed E-state index contributed by atoms with van der Waals surface area (Å²) in [7, 11) is 0. The maximum absolute atomic E-state index is 2.54. The van der Waals surface area contributed by atoms with Gasteiger partial charge in [0.2, 0.25) is 0 Å². The van der Waals surface area contributed by atoms with Crippen molar-refractivity contribution < 1.29 is 29.3 Å². The Morgan fingerprint density at radius 1 is 0.455 bits per heavy atom. The molecule has 0 bridgehead atoms. The third kappa shape index (κ3) is 164. The second-order valence-electron chi connectivity index (χ2n) is 0.324. The van der Waals surface area contributed by atoms with Gasteiger partial charge in [0, 0.05) is 0 Å². The average molecular weight is 814 g/mol. The van der Waals surface area contributed by atoms with Gasteiger partial charge in [-0.25, -0.2) is 0 Å². The van der Waals surface area contributed by atoms with Gasteiger partial charge in [-0.3, -0.25) is 28.2 Å². The Labute approximate surface area is 105 Å². The van der Waals surface area contributed by atoms with E-state index in [1.54, 1.807) is 0 Å². The minimum atomic E-state index is -1.23. The predicted molar refractivity (Wildman–Crippen MR) is 71.1 cm³/mol. The molecule has 11 heteroatoms. The molecule has 0 aromatic rings. The monoisotopic (exact) mass is 815 g/mol. The molecule has 0 atom stereocenters. The Balaban J connectivity index is -0.00000000533. The van der Waals surface area contributed by atoms with Crippen LogP contribution in [-0.2, 0) is 1.08 Å². The van der Waals surface area contributed by atoms with Crippen molar-refractivity contribution in [2.24, 2.45) is 0 Å². The molecule has 0 spiro atoms. The molecular weight excluding hydrogens is 808 g/mol. The van der Waals surface area contributed by atoms with Gasteiger partial charge in [0.05, 0.1) is 0 Å². The number of hydrogen-bond donors (Lipinski definition) is 0. The maximum atomic E-state index is 2.54. The van der Waals surface area contributed by atoms with E-state index >= 15 is 0 Å². The molecule has 0 aliphatic rings. The van der Waals surface area contributed by atoms with E-state index in [2.05, 4.69) is 78.1 Å². The van der Waals surface area contributed by atoms with Gasteiger partial charge in [0.1, 0.15) is 0 Å². The first-order valence-corrected chi connectivity index (χ1v) is 31.4. The first-order valence-electron chi connectivity index (χ1n) is 0.571. The molecule has 0 unspecified atom stereocenters. The summed E-state index contributed by atoms with van der Waals surface area (Å²) in [4.78, 5) is 0. The Bertz CT molecular complexity index is 30.1. The molecule has 11 heavy (non-hydrogen) atoms. The van der Waals surface area contributed by atoms with Crippen LogP contribution in [0.15, 0.2) is 0 Å². The Morgan fingerprint density at radius 2 is 0.455 bits per heavy atom. The molecule has 0 aliphatic carbocycles. The van der Waals surface area contributed by atoms with Crippen LogP contribution in [0, 0.1) is 0 Å². The molecular formula is H6F6I4Re. The molecule has 0 radical (unpaired) electrons. The minimum absolute atomic E-state index is 0. The first-order chi connectivity index (χ1) is 2.00. The van der Waals surface area contributed by atoms with Crippen molar-refractivity contribution in [1.82, 2.24) is 0 Å². The predicted octanol–water partition coefficient (Wildman–Crippen LogP) is 4.46. The zero-order valence-corrected chi connectivity index (χ0v) is 15.7.